The first kappa shape index (κ1) is 21.0. The number of amides is 1. The fraction of sp³-hybridized carbons (Fsp3) is 0.824. The number of hydrogen-bond donors (Lipinski definition) is 1. The summed E-state index contributed by atoms with van der Waals surface area (Å²) in [5.41, 5.74) is -1.18. The Morgan fingerprint density at radius 1 is 1.21 bits per heavy atom. The molecule has 0 aromatic heterocycles. The van der Waals surface area contributed by atoms with Crippen LogP contribution in [0.2, 0.25) is 0 Å². The molecule has 138 valence electrons. The van der Waals surface area contributed by atoms with Crippen molar-refractivity contribution in [1.29, 1.82) is 0 Å². The number of alkyl carbamates (subject to hydrolysis) is 1. The van der Waals surface area contributed by atoms with Gasteiger partial charge in [0.25, 0.3) is 0 Å². The van der Waals surface area contributed by atoms with Crippen molar-refractivity contribution in [1.82, 2.24) is 5.32 Å². The average molecular weight is 341 g/mol. The molecule has 24 heavy (non-hydrogen) atoms. The van der Waals surface area contributed by atoms with Crippen LogP contribution in [0.15, 0.2) is 12.1 Å². The first-order chi connectivity index (χ1) is 10.8. The summed E-state index contributed by atoms with van der Waals surface area (Å²) in [7, 11) is -0.367. The largest absolute Gasteiger partial charge is 0.486 e. The van der Waals surface area contributed by atoms with Crippen molar-refractivity contribution in [3.63, 3.8) is 0 Å². The van der Waals surface area contributed by atoms with Crippen LogP contribution >= 0.6 is 0 Å². The second kappa shape index (κ2) is 7.89. The van der Waals surface area contributed by atoms with Gasteiger partial charge in [0.1, 0.15) is 5.60 Å². The van der Waals surface area contributed by atoms with Crippen molar-refractivity contribution in [3.05, 3.63) is 12.1 Å². The van der Waals surface area contributed by atoms with E-state index in [9.17, 15) is 4.79 Å². The maximum absolute atomic E-state index is 11.6. The van der Waals surface area contributed by atoms with Gasteiger partial charge in [-0.05, 0) is 55.4 Å². The molecule has 7 heteroatoms. The molecule has 1 aliphatic rings. The van der Waals surface area contributed by atoms with Crippen molar-refractivity contribution < 1.29 is 23.6 Å². The van der Waals surface area contributed by atoms with Crippen LogP contribution in [0.25, 0.3) is 0 Å². The molecular formula is C17H32BNO5. The van der Waals surface area contributed by atoms with Gasteiger partial charge < -0.3 is 24.1 Å². The van der Waals surface area contributed by atoms with E-state index in [1.165, 1.54) is 0 Å². The van der Waals surface area contributed by atoms with Gasteiger partial charge >= 0.3 is 13.2 Å². The van der Waals surface area contributed by atoms with E-state index in [4.69, 9.17) is 18.8 Å². The lowest BCUT2D eigenvalue weighted by molar-refractivity contribution is 0.00578. The van der Waals surface area contributed by atoms with Crippen molar-refractivity contribution in [2.24, 2.45) is 0 Å². The molecule has 1 heterocycles. The highest BCUT2D eigenvalue weighted by Crippen LogP contribution is 2.36. The quantitative estimate of drug-likeness (QED) is 0.752. The zero-order valence-electron chi connectivity index (χ0n) is 16.3. The molecule has 0 bridgehead atoms. The fourth-order valence-corrected chi connectivity index (χ4v) is 1.95. The maximum atomic E-state index is 11.6. The topological polar surface area (TPSA) is 66.0 Å². The minimum Gasteiger partial charge on any atom is -0.444 e. The number of carbonyl (C=O) groups is 1. The monoisotopic (exact) mass is 341 g/mol. The van der Waals surface area contributed by atoms with Crippen LogP contribution in [-0.2, 0) is 18.8 Å². The van der Waals surface area contributed by atoms with E-state index in [0.29, 0.717) is 13.2 Å². The minimum atomic E-state index is -0.500. The Morgan fingerprint density at radius 2 is 1.75 bits per heavy atom. The summed E-state index contributed by atoms with van der Waals surface area (Å²) in [6.45, 7) is 16.2. The third-order valence-corrected chi connectivity index (χ3v) is 3.97. The van der Waals surface area contributed by atoms with E-state index in [-0.39, 0.29) is 24.4 Å². The predicted molar refractivity (Wildman–Crippen MR) is 94.9 cm³/mol. The molecule has 1 atom stereocenters. The van der Waals surface area contributed by atoms with Crippen molar-refractivity contribution in [2.75, 3.05) is 13.2 Å². The molecule has 0 radical (unpaired) electrons. The lowest BCUT2D eigenvalue weighted by Crippen LogP contribution is -2.41. The highest BCUT2D eigenvalue weighted by atomic mass is 16.7. The molecule has 1 amide bonds. The van der Waals surface area contributed by atoms with Gasteiger partial charge in [0, 0.05) is 6.54 Å². The molecule has 6 nitrogen and oxygen atoms in total. The molecule has 0 aromatic rings. The molecular weight excluding hydrogens is 309 g/mol. The first-order valence-electron chi connectivity index (χ1n) is 8.43. The van der Waals surface area contributed by atoms with E-state index < -0.39 is 11.7 Å². The summed E-state index contributed by atoms with van der Waals surface area (Å²) in [5, 5.41) is 2.68. The minimum absolute atomic E-state index is 0.125. The molecule has 1 N–H and O–H groups in total. The highest BCUT2D eigenvalue weighted by molar-refractivity contribution is 6.51. The molecule has 0 spiro atoms. The number of rotatable bonds is 6. The van der Waals surface area contributed by atoms with Gasteiger partial charge in [-0.15, -0.1) is 0 Å². The smallest absolute Gasteiger partial charge is 0.444 e. The molecule has 1 rings (SSSR count). The summed E-state index contributed by atoms with van der Waals surface area (Å²) >= 11 is 0. The van der Waals surface area contributed by atoms with Crippen LogP contribution in [0.3, 0.4) is 0 Å². The van der Waals surface area contributed by atoms with Gasteiger partial charge in [0.15, 0.2) is 0 Å². The van der Waals surface area contributed by atoms with Crippen LogP contribution in [-0.4, -0.2) is 49.3 Å². The third-order valence-electron chi connectivity index (χ3n) is 3.97. The molecule has 0 aliphatic carbocycles. The Labute approximate surface area is 146 Å². The maximum Gasteiger partial charge on any atom is 0.486 e. The van der Waals surface area contributed by atoms with E-state index in [2.05, 4.69) is 5.32 Å². The SMILES string of the molecule is CC(CNC(=O)OC(C)(C)C)OC/C=C/B1OC(C)(C)C(C)(C)O1. The Hall–Kier alpha value is -1.05. The van der Waals surface area contributed by atoms with Crippen LogP contribution < -0.4 is 5.32 Å². The molecule has 1 unspecified atom stereocenters. The Kier molecular flexibility index (Phi) is 6.90. The van der Waals surface area contributed by atoms with Crippen molar-refractivity contribution >= 4 is 13.2 Å². The predicted octanol–water partition coefficient (Wildman–Crippen LogP) is 3.10. The zero-order valence-corrected chi connectivity index (χ0v) is 16.3. The highest BCUT2D eigenvalue weighted by Gasteiger charge is 2.49. The standard InChI is InChI=1S/C17H32BNO5/c1-13(12-19-14(20)22-15(2,3)4)21-11-9-10-18-23-16(5,6)17(7,8)24-18/h9-10,13H,11-12H2,1-8H3,(H,19,20)/b10-9+. The third kappa shape index (κ3) is 6.83. The van der Waals surface area contributed by atoms with Crippen LogP contribution in [0.1, 0.15) is 55.4 Å². The van der Waals surface area contributed by atoms with Gasteiger partial charge in [-0.25, -0.2) is 4.79 Å². The summed E-state index contributed by atoms with van der Waals surface area (Å²) in [6.07, 6.45) is 1.30. The second-order valence-electron chi connectivity index (χ2n) is 8.08. The first-order valence-corrected chi connectivity index (χ1v) is 8.43. The lowest BCUT2D eigenvalue weighted by Gasteiger charge is -2.32. The summed E-state index contributed by atoms with van der Waals surface area (Å²) in [4.78, 5) is 11.6. The number of nitrogens with one attached hydrogen (secondary N) is 1. The van der Waals surface area contributed by atoms with Gasteiger partial charge in [0.05, 0.1) is 23.9 Å². The van der Waals surface area contributed by atoms with Gasteiger partial charge in [-0.3, -0.25) is 0 Å². The lowest BCUT2D eigenvalue weighted by atomic mass is 9.90. The Balaban J connectivity index is 2.24. The van der Waals surface area contributed by atoms with Crippen molar-refractivity contribution in [3.8, 4) is 0 Å². The van der Waals surface area contributed by atoms with E-state index in [0.717, 1.165) is 0 Å². The second-order valence-corrected chi connectivity index (χ2v) is 8.08. The summed E-state index contributed by atoms with van der Waals surface area (Å²) in [5.74, 6) is 1.85. The molecule has 1 aliphatic heterocycles. The van der Waals surface area contributed by atoms with Gasteiger partial charge in [-0.2, -0.15) is 0 Å². The number of hydrogen-bond acceptors (Lipinski definition) is 5. The number of carbonyl (C=O) groups excluding carboxylic acids is 1. The Bertz CT molecular complexity index is 440. The molecule has 0 aromatic carbocycles. The van der Waals surface area contributed by atoms with Gasteiger partial charge in [0.2, 0.25) is 0 Å². The zero-order chi connectivity index (χ0) is 18.6. The fourth-order valence-electron chi connectivity index (χ4n) is 1.95. The van der Waals surface area contributed by atoms with E-state index in [1.54, 1.807) is 0 Å². The normalized spacial score (nSPS) is 21.1. The molecule has 0 saturated carbocycles. The van der Waals surface area contributed by atoms with Crippen LogP contribution in [0.4, 0.5) is 4.79 Å². The van der Waals surface area contributed by atoms with Crippen LogP contribution in [0, 0.1) is 0 Å². The average Bonchev–Trinajstić information content (AvgIpc) is 2.58. The van der Waals surface area contributed by atoms with E-state index >= 15 is 0 Å². The molecule has 1 saturated heterocycles. The number of ether oxygens (including phenoxy) is 2. The summed E-state index contributed by atoms with van der Waals surface area (Å²) in [6, 6.07) is 0. The summed E-state index contributed by atoms with van der Waals surface area (Å²) < 4.78 is 22.5. The molecule has 1 fully saturated rings. The van der Waals surface area contributed by atoms with E-state index in [1.807, 2.05) is 67.4 Å². The van der Waals surface area contributed by atoms with Crippen LogP contribution in [0.5, 0.6) is 0 Å². The Morgan fingerprint density at radius 3 is 2.25 bits per heavy atom. The van der Waals surface area contributed by atoms with Crippen molar-refractivity contribution in [2.45, 2.75) is 78.3 Å². The van der Waals surface area contributed by atoms with Gasteiger partial charge in [-0.1, -0.05) is 12.1 Å².